The molecule has 3 rings (SSSR count). The van der Waals surface area contributed by atoms with E-state index in [0.29, 0.717) is 12.1 Å². The number of rotatable bonds is 4. The van der Waals surface area contributed by atoms with E-state index >= 15 is 0 Å². The van der Waals surface area contributed by atoms with Crippen LogP contribution in [0, 0.1) is 0 Å². The average Bonchev–Trinajstić information content (AvgIpc) is 2.96. The third-order valence-electron chi connectivity index (χ3n) is 2.92. The highest BCUT2D eigenvalue weighted by Gasteiger charge is 2.11. The first-order chi connectivity index (χ1) is 10.3. The van der Waals surface area contributed by atoms with Crippen molar-refractivity contribution in [3.8, 4) is 0 Å². The molecule has 0 aliphatic heterocycles. The topological polar surface area (TPSA) is 65.3 Å². The normalized spacial score (nSPS) is 11.5. The summed E-state index contributed by atoms with van der Waals surface area (Å²) in [4.78, 5) is 3.90. The van der Waals surface area contributed by atoms with Gasteiger partial charge in [0.15, 0.2) is 0 Å². The van der Waals surface area contributed by atoms with Gasteiger partial charge in [0.05, 0.1) is 0 Å². The number of hydrogen-bond donors (Lipinski definition) is 0. The SMILES string of the molecule is [O-]/C(=N\c1c[n+](Cc2ccccc2)no1)c1ccccc1. The van der Waals surface area contributed by atoms with Crippen molar-refractivity contribution in [1.29, 1.82) is 0 Å². The Labute approximate surface area is 121 Å². The van der Waals surface area contributed by atoms with Crippen molar-refractivity contribution in [2.24, 2.45) is 4.99 Å². The molecule has 2 aromatic carbocycles. The molecule has 1 aromatic heterocycles. The first-order valence-corrected chi connectivity index (χ1v) is 6.53. The zero-order valence-electron chi connectivity index (χ0n) is 11.2. The zero-order chi connectivity index (χ0) is 14.5. The van der Waals surface area contributed by atoms with Gasteiger partial charge in [0.1, 0.15) is 0 Å². The standard InChI is InChI=1S/C16H13N3O2/c20-16(14-9-5-2-6-10-14)17-15-12-19(18-21-15)11-13-7-3-1-4-8-13/h1-10,12H,11H2. The number of benzene rings is 2. The quantitative estimate of drug-likeness (QED) is 0.412. The maximum Gasteiger partial charge on any atom is 0.320 e. The minimum absolute atomic E-state index is 0.194. The summed E-state index contributed by atoms with van der Waals surface area (Å²) in [6, 6.07) is 18.7. The van der Waals surface area contributed by atoms with E-state index in [4.69, 9.17) is 4.52 Å². The van der Waals surface area contributed by atoms with Crippen molar-refractivity contribution < 1.29 is 14.3 Å². The molecule has 104 valence electrons. The number of nitrogens with zero attached hydrogens (tertiary/aromatic N) is 3. The van der Waals surface area contributed by atoms with Gasteiger partial charge in [-0.15, -0.1) is 0 Å². The fourth-order valence-corrected chi connectivity index (χ4v) is 1.91. The highest BCUT2D eigenvalue weighted by Crippen LogP contribution is 2.09. The van der Waals surface area contributed by atoms with E-state index in [0.717, 1.165) is 5.56 Å². The van der Waals surface area contributed by atoms with Crippen molar-refractivity contribution in [2.75, 3.05) is 0 Å². The first-order valence-electron chi connectivity index (χ1n) is 6.53. The van der Waals surface area contributed by atoms with Crippen molar-refractivity contribution in [3.05, 3.63) is 78.0 Å². The number of hydrogen-bond acceptors (Lipinski definition) is 4. The van der Waals surface area contributed by atoms with Gasteiger partial charge in [-0.25, -0.2) is 4.99 Å². The predicted molar refractivity (Wildman–Crippen MR) is 74.9 cm³/mol. The lowest BCUT2D eigenvalue weighted by molar-refractivity contribution is -0.754. The van der Waals surface area contributed by atoms with Crippen LogP contribution in [0.15, 0.2) is 76.4 Å². The van der Waals surface area contributed by atoms with Crippen LogP contribution in [0.4, 0.5) is 5.88 Å². The van der Waals surface area contributed by atoms with E-state index in [9.17, 15) is 5.11 Å². The van der Waals surface area contributed by atoms with Crippen LogP contribution in [0.25, 0.3) is 0 Å². The molecule has 0 saturated heterocycles. The van der Waals surface area contributed by atoms with E-state index in [1.165, 1.54) is 0 Å². The molecule has 0 aliphatic rings. The molecule has 21 heavy (non-hydrogen) atoms. The Morgan fingerprint density at radius 2 is 1.71 bits per heavy atom. The van der Waals surface area contributed by atoms with Crippen LogP contribution >= 0.6 is 0 Å². The lowest BCUT2D eigenvalue weighted by Crippen LogP contribution is -2.34. The fraction of sp³-hybridized carbons (Fsp3) is 0.0625. The summed E-state index contributed by atoms with van der Waals surface area (Å²) < 4.78 is 6.66. The first kappa shape index (κ1) is 13.1. The van der Waals surface area contributed by atoms with Crippen LogP contribution in [0.1, 0.15) is 11.1 Å². The Kier molecular flexibility index (Phi) is 3.73. The molecule has 0 N–H and O–H groups in total. The Bertz CT molecular complexity index is 736. The highest BCUT2D eigenvalue weighted by molar-refractivity contribution is 5.91. The second-order valence-corrected chi connectivity index (χ2v) is 4.51. The Morgan fingerprint density at radius 1 is 1.05 bits per heavy atom. The van der Waals surface area contributed by atoms with Crippen LogP contribution in [0.2, 0.25) is 0 Å². The van der Waals surface area contributed by atoms with Gasteiger partial charge in [-0.1, -0.05) is 60.7 Å². The molecule has 0 amide bonds. The summed E-state index contributed by atoms with van der Waals surface area (Å²) in [7, 11) is 0. The van der Waals surface area contributed by atoms with Gasteiger partial charge in [-0.2, -0.15) is 0 Å². The van der Waals surface area contributed by atoms with E-state index in [2.05, 4.69) is 10.3 Å². The van der Waals surface area contributed by atoms with Gasteiger partial charge < -0.3 is 5.11 Å². The number of aliphatic imine (C=N–C) groups is 1. The fourth-order valence-electron chi connectivity index (χ4n) is 1.91. The van der Waals surface area contributed by atoms with Crippen LogP contribution in [0.3, 0.4) is 0 Å². The van der Waals surface area contributed by atoms with Crippen molar-refractivity contribution in [2.45, 2.75) is 6.54 Å². The van der Waals surface area contributed by atoms with Crippen LogP contribution in [-0.4, -0.2) is 11.2 Å². The Morgan fingerprint density at radius 3 is 2.43 bits per heavy atom. The zero-order valence-corrected chi connectivity index (χ0v) is 11.2. The lowest BCUT2D eigenvalue weighted by atomic mass is 10.2. The third-order valence-corrected chi connectivity index (χ3v) is 2.92. The molecule has 5 heteroatoms. The molecule has 0 spiro atoms. The lowest BCUT2D eigenvalue weighted by Gasteiger charge is -2.07. The molecule has 0 saturated carbocycles. The molecule has 0 fully saturated rings. The molecule has 0 atom stereocenters. The van der Waals surface area contributed by atoms with Crippen molar-refractivity contribution in [1.82, 2.24) is 5.27 Å². The molecular formula is C16H13N3O2. The smallest absolute Gasteiger partial charge is 0.320 e. The molecule has 0 unspecified atom stereocenters. The van der Waals surface area contributed by atoms with E-state index in [1.54, 1.807) is 35.1 Å². The van der Waals surface area contributed by atoms with E-state index < -0.39 is 0 Å². The van der Waals surface area contributed by atoms with Gasteiger partial charge in [0.25, 0.3) is 6.20 Å². The van der Waals surface area contributed by atoms with E-state index in [-0.39, 0.29) is 11.8 Å². The third kappa shape index (κ3) is 3.33. The summed E-state index contributed by atoms with van der Waals surface area (Å²) in [6.07, 6.45) is 1.60. The molecule has 0 radical (unpaired) electrons. The molecule has 0 aliphatic carbocycles. The summed E-state index contributed by atoms with van der Waals surface area (Å²) >= 11 is 0. The largest absolute Gasteiger partial charge is 0.858 e. The highest BCUT2D eigenvalue weighted by atomic mass is 16.5. The number of aromatic nitrogens is 2. The molecule has 0 bridgehead atoms. The van der Waals surface area contributed by atoms with Crippen LogP contribution in [-0.2, 0) is 6.54 Å². The molecule has 5 nitrogen and oxygen atoms in total. The summed E-state index contributed by atoms with van der Waals surface area (Å²) in [5.74, 6) is -0.154. The van der Waals surface area contributed by atoms with Crippen LogP contribution < -0.4 is 9.79 Å². The minimum atomic E-state index is -0.349. The second kappa shape index (κ2) is 6.00. The van der Waals surface area contributed by atoms with Gasteiger partial charge in [-0.05, 0) is 16.1 Å². The second-order valence-electron chi connectivity index (χ2n) is 4.51. The summed E-state index contributed by atoms with van der Waals surface area (Å²) in [6.45, 7) is 0.569. The Hall–Kier alpha value is -2.95. The maximum absolute atomic E-state index is 11.9. The van der Waals surface area contributed by atoms with E-state index in [1.807, 2.05) is 36.4 Å². The maximum atomic E-state index is 11.9. The van der Waals surface area contributed by atoms with Crippen LogP contribution in [0.5, 0.6) is 0 Å². The molecule has 3 aromatic rings. The van der Waals surface area contributed by atoms with Gasteiger partial charge in [0.2, 0.25) is 11.8 Å². The van der Waals surface area contributed by atoms with Gasteiger partial charge in [-0.3, -0.25) is 4.52 Å². The van der Waals surface area contributed by atoms with Gasteiger partial charge in [0, 0.05) is 5.56 Å². The van der Waals surface area contributed by atoms with Crippen molar-refractivity contribution >= 4 is 11.8 Å². The van der Waals surface area contributed by atoms with Crippen molar-refractivity contribution in [3.63, 3.8) is 0 Å². The summed E-state index contributed by atoms with van der Waals surface area (Å²) in [5.41, 5.74) is 1.61. The van der Waals surface area contributed by atoms with Gasteiger partial charge >= 0.3 is 5.88 Å². The monoisotopic (exact) mass is 279 g/mol. The minimum Gasteiger partial charge on any atom is -0.858 e. The average molecular weight is 279 g/mol. The molecule has 1 heterocycles. The Balaban J connectivity index is 1.76. The molecular weight excluding hydrogens is 266 g/mol. The summed E-state index contributed by atoms with van der Waals surface area (Å²) in [5, 5.41) is 15.8. The predicted octanol–water partition coefficient (Wildman–Crippen LogP) is 1.45.